The molecule has 0 saturated heterocycles. The minimum atomic E-state index is -1.17. The van der Waals surface area contributed by atoms with Crippen molar-refractivity contribution in [2.24, 2.45) is 17.4 Å². The fraction of sp³-hybridized carbons (Fsp3) is 0.560. The van der Waals surface area contributed by atoms with Gasteiger partial charge in [0, 0.05) is 6.42 Å². The highest BCUT2D eigenvalue weighted by Crippen LogP contribution is 2.11. The highest BCUT2D eigenvalue weighted by atomic mass is 32.2. The molecule has 12 heteroatoms. The van der Waals surface area contributed by atoms with Gasteiger partial charge in [0.1, 0.15) is 18.1 Å². The van der Waals surface area contributed by atoms with Gasteiger partial charge in [0.05, 0.1) is 6.04 Å². The van der Waals surface area contributed by atoms with Gasteiger partial charge in [-0.2, -0.15) is 11.8 Å². The average Bonchev–Trinajstić information content (AvgIpc) is 2.86. The molecule has 5 atom stereocenters. The van der Waals surface area contributed by atoms with Gasteiger partial charge in [-0.15, -0.1) is 0 Å². The van der Waals surface area contributed by atoms with Gasteiger partial charge in [0.25, 0.3) is 0 Å². The number of primary amides is 1. The van der Waals surface area contributed by atoms with E-state index in [0.717, 1.165) is 5.56 Å². The lowest BCUT2D eigenvalue weighted by atomic mass is 9.97. The first-order valence-corrected chi connectivity index (χ1v) is 13.6. The maximum absolute atomic E-state index is 13.2. The van der Waals surface area contributed by atoms with Crippen LogP contribution >= 0.6 is 11.8 Å². The lowest BCUT2D eigenvalue weighted by molar-refractivity contribution is -0.142. The number of carbonyl (C=O) groups excluding carboxylic acids is 4. The van der Waals surface area contributed by atoms with Gasteiger partial charge in [-0.05, 0) is 42.8 Å². The molecule has 0 bridgehead atoms. The van der Waals surface area contributed by atoms with Gasteiger partial charge in [-0.1, -0.05) is 50.6 Å². The van der Waals surface area contributed by atoms with Gasteiger partial charge in [0.2, 0.25) is 23.6 Å². The van der Waals surface area contributed by atoms with Crippen molar-refractivity contribution in [3.8, 4) is 0 Å². The van der Waals surface area contributed by atoms with Crippen LogP contribution < -0.4 is 27.4 Å². The molecule has 0 fully saturated rings. The summed E-state index contributed by atoms with van der Waals surface area (Å²) < 4.78 is 0. The van der Waals surface area contributed by atoms with Crippen molar-refractivity contribution in [1.82, 2.24) is 16.0 Å². The number of thioether (sulfide) groups is 1. The summed E-state index contributed by atoms with van der Waals surface area (Å²) in [6.07, 6.45) is 2.53. The van der Waals surface area contributed by atoms with Gasteiger partial charge in [0.15, 0.2) is 0 Å². The van der Waals surface area contributed by atoms with Crippen molar-refractivity contribution >= 4 is 41.4 Å². The third-order valence-electron chi connectivity index (χ3n) is 5.97. The second-order valence-corrected chi connectivity index (χ2v) is 9.90. The van der Waals surface area contributed by atoms with Gasteiger partial charge in [-0.3, -0.25) is 19.2 Å². The average molecular weight is 538 g/mol. The number of carboxylic acid groups (broad SMARTS) is 1. The van der Waals surface area contributed by atoms with Crippen LogP contribution in [0.5, 0.6) is 0 Å². The molecule has 0 aliphatic rings. The van der Waals surface area contributed by atoms with Crippen molar-refractivity contribution in [3.63, 3.8) is 0 Å². The van der Waals surface area contributed by atoms with Crippen LogP contribution in [-0.4, -0.2) is 70.9 Å². The molecule has 1 aromatic rings. The second-order valence-electron chi connectivity index (χ2n) is 8.92. The molecule has 1 rings (SSSR count). The van der Waals surface area contributed by atoms with Gasteiger partial charge < -0.3 is 32.5 Å². The molecule has 0 radical (unpaired) electrons. The number of aliphatic carboxylic acids is 1. The molecule has 206 valence electrons. The van der Waals surface area contributed by atoms with Crippen LogP contribution in [0.4, 0.5) is 0 Å². The Kier molecular flexibility index (Phi) is 14.3. The van der Waals surface area contributed by atoms with Crippen LogP contribution in [0, 0.1) is 5.92 Å². The number of hydrogen-bond donors (Lipinski definition) is 6. The molecule has 0 heterocycles. The monoisotopic (exact) mass is 537 g/mol. The summed E-state index contributed by atoms with van der Waals surface area (Å²) in [4.78, 5) is 61.9. The molecular weight excluding hydrogens is 498 g/mol. The number of rotatable bonds is 17. The summed E-state index contributed by atoms with van der Waals surface area (Å²) in [5.74, 6) is -3.57. The maximum atomic E-state index is 13.2. The predicted molar refractivity (Wildman–Crippen MR) is 142 cm³/mol. The van der Waals surface area contributed by atoms with E-state index < -0.39 is 53.8 Å². The zero-order chi connectivity index (χ0) is 28.0. The zero-order valence-corrected chi connectivity index (χ0v) is 22.4. The summed E-state index contributed by atoms with van der Waals surface area (Å²) in [5.41, 5.74) is 12.1. The normalized spacial score (nSPS) is 14.9. The first-order valence-electron chi connectivity index (χ1n) is 12.2. The smallest absolute Gasteiger partial charge is 0.326 e. The Morgan fingerprint density at radius 3 is 2.11 bits per heavy atom. The number of amides is 4. The molecule has 0 spiro atoms. The lowest BCUT2D eigenvalue weighted by Crippen LogP contribution is -2.59. The standard InChI is InChI=1S/C25H39N5O6S/c1-4-15(2)21(24(34)29-19(25(35)36)12-13-37-3)30-23(33)18(10-11-20(27)31)28-22(32)17(26)14-16-8-6-5-7-9-16/h5-9,15,17-19,21H,4,10-14,26H2,1-3H3,(H2,27,31)(H,28,32)(H,29,34)(H,30,33)(H,35,36). The summed E-state index contributed by atoms with van der Waals surface area (Å²) in [7, 11) is 0. The van der Waals surface area contributed by atoms with E-state index in [4.69, 9.17) is 11.5 Å². The van der Waals surface area contributed by atoms with Crippen molar-refractivity contribution < 1.29 is 29.1 Å². The second kappa shape index (κ2) is 16.6. The molecule has 0 aromatic heterocycles. The number of benzene rings is 1. The summed E-state index contributed by atoms with van der Waals surface area (Å²) >= 11 is 1.45. The molecule has 11 nitrogen and oxygen atoms in total. The summed E-state index contributed by atoms with van der Waals surface area (Å²) in [6.45, 7) is 3.57. The van der Waals surface area contributed by atoms with Gasteiger partial charge >= 0.3 is 5.97 Å². The van der Waals surface area contributed by atoms with Crippen LogP contribution in [0.1, 0.15) is 45.1 Å². The van der Waals surface area contributed by atoms with Crippen LogP contribution in [-0.2, 0) is 30.4 Å². The van der Waals surface area contributed by atoms with E-state index in [2.05, 4.69) is 16.0 Å². The minimum Gasteiger partial charge on any atom is -0.480 e. The van der Waals surface area contributed by atoms with Crippen LogP contribution in [0.2, 0.25) is 0 Å². The SMILES string of the molecule is CCC(C)C(NC(=O)C(CCC(N)=O)NC(=O)C(N)Cc1ccccc1)C(=O)NC(CCSC)C(=O)O. The molecule has 1 aromatic carbocycles. The van der Waals surface area contributed by atoms with Crippen molar-refractivity contribution in [3.05, 3.63) is 35.9 Å². The predicted octanol–water partition coefficient (Wildman–Crippen LogP) is 0.160. The first-order chi connectivity index (χ1) is 17.5. The quantitative estimate of drug-likeness (QED) is 0.162. The van der Waals surface area contributed by atoms with E-state index in [9.17, 15) is 29.1 Å². The van der Waals surface area contributed by atoms with E-state index in [1.54, 1.807) is 6.92 Å². The fourth-order valence-electron chi connectivity index (χ4n) is 3.51. The molecule has 37 heavy (non-hydrogen) atoms. The summed E-state index contributed by atoms with van der Waals surface area (Å²) in [5, 5.41) is 17.2. The molecule has 0 aliphatic heterocycles. The molecule has 5 unspecified atom stereocenters. The number of hydrogen-bond acceptors (Lipinski definition) is 7. The Bertz CT molecular complexity index is 916. The number of carbonyl (C=O) groups is 5. The third kappa shape index (κ3) is 11.6. The number of nitrogens with one attached hydrogen (secondary N) is 3. The van der Waals surface area contributed by atoms with Crippen molar-refractivity contribution in [2.75, 3.05) is 12.0 Å². The third-order valence-corrected chi connectivity index (χ3v) is 6.61. The number of nitrogens with two attached hydrogens (primary N) is 2. The highest BCUT2D eigenvalue weighted by molar-refractivity contribution is 7.98. The van der Waals surface area contributed by atoms with E-state index in [0.29, 0.717) is 12.2 Å². The van der Waals surface area contributed by atoms with E-state index in [1.165, 1.54) is 11.8 Å². The maximum Gasteiger partial charge on any atom is 0.326 e. The highest BCUT2D eigenvalue weighted by Gasteiger charge is 2.32. The molecule has 8 N–H and O–H groups in total. The van der Waals surface area contributed by atoms with Crippen molar-refractivity contribution in [2.45, 2.75) is 70.1 Å². The Morgan fingerprint density at radius 2 is 1.57 bits per heavy atom. The molecule has 0 saturated carbocycles. The number of carboxylic acids is 1. The fourth-order valence-corrected chi connectivity index (χ4v) is 3.98. The largest absolute Gasteiger partial charge is 0.480 e. The van der Waals surface area contributed by atoms with Crippen LogP contribution in [0.25, 0.3) is 0 Å². The minimum absolute atomic E-state index is 0.0920. The van der Waals surface area contributed by atoms with E-state index in [-0.39, 0.29) is 31.6 Å². The first kappa shape index (κ1) is 31.9. The van der Waals surface area contributed by atoms with Crippen molar-refractivity contribution in [1.29, 1.82) is 0 Å². The Morgan fingerprint density at radius 1 is 0.946 bits per heavy atom. The molecular formula is C25H39N5O6S. The van der Waals surface area contributed by atoms with E-state index >= 15 is 0 Å². The molecule has 4 amide bonds. The lowest BCUT2D eigenvalue weighted by Gasteiger charge is -2.28. The Balaban J connectivity index is 3.00. The molecule has 0 aliphatic carbocycles. The topological polar surface area (TPSA) is 194 Å². The van der Waals surface area contributed by atoms with E-state index in [1.807, 2.05) is 43.5 Å². The Labute approximate surface area is 221 Å². The van der Waals surface area contributed by atoms with Crippen LogP contribution in [0.15, 0.2) is 30.3 Å². The zero-order valence-electron chi connectivity index (χ0n) is 21.6. The Hall–Kier alpha value is -3.12. The summed E-state index contributed by atoms with van der Waals surface area (Å²) in [6, 6.07) is 4.83. The van der Waals surface area contributed by atoms with Crippen LogP contribution in [0.3, 0.4) is 0 Å². The van der Waals surface area contributed by atoms with Gasteiger partial charge in [-0.25, -0.2) is 4.79 Å².